The normalized spacial score (nSPS) is 32.0. The molecule has 72 valence electrons. The highest BCUT2D eigenvalue weighted by molar-refractivity contribution is 4.74. The fraction of sp³-hybridized carbons (Fsp3) is 1.00. The maximum Gasteiger partial charge on any atom is 0.0602 e. The quantitative estimate of drug-likeness (QED) is 0.656. The summed E-state index contributed by atoms with van der Waals surface area (Å²) >= 11 is 0. The molecule has 1 rings (SSSR count). The van der Waals surface area contributed by atoms with Gasteiger partial charge in [-0.2, -0.15) is 0 Å². The molecule has 0 aromatic rings. The van der Waals surface area contributed by atoms with E-state index in [2.05, 4.69) is 20.8 Å². The van der Waals surface area contributed by atoms with Crippen LogP contribution >= 0.6 is 0 Å². The van der Waals surface area contributed by atoms with Gasteiger partial charge in [0, 0.05) is 0 Å². The number of hydrogen-bond acceptors (Lipinski definition) is 2. The molecule has 0 saturated heterocycles. The van der Waals surface area contributed by atoms with Crippen molar-refractivity contribution in [3.8, 4) is 0 Å². The summed E-state index contributed by atoms with van der Waals surface area (Å²) in [5.41, 5.74) is -0.0348. The summed E-state index contributed by atoms with van der Waals surface area (Å²) in [5.74, 6) is 0. The van der Waals surface area contributed by atoms with Crippen molar-refractivity contribution in [3.63, 3.8) is 0 Å². The van der Waals surface area contributed by atoms with Crippen molar-refractivity contribution >= 4 is 0 Å². The molecule has 0 bridgehead atoms. The Morgan fingerprint density at radius 1 is 1.08 bits per heavy atom. The van der Waals surface area contributed by atoms with Crippen molar-refractivity contribution in [2.45, 2.75) is 64.3 Å². The van der Waals surface area contributed by atoms with E-state index >= 15 is 0 Å². The lowest BCUT2D eigenvalue weighted by Crippen LogP contribution is -2.31. The molecule has 0 aromatic heterocycles. The largest absolute Gasteiger partial charge is 0.393 e. The van der Waals surface area contributed by atoms with E-state index in [0.717, 1.165) is 25.7 Å². The van der Waals surface area contributed by atoms with E-state index in [-0.39, 0.29) is 11.7 Å². The first kappa shape index (κ1) is 10.0. The summed E-state index contributed by atoms with van der Waals surface area (Å²) in [5, 5.41) is 9.27. The number of hydrogen-bond donors (Lipinski definition) is 1. The molecule has 1 aliphatic rings. The summed E-state index contributed by atoms with van der Waals surface area (Å²) in [6.07, 6.45) is 4.12. The molecule has 2 nitrogen and oxygen atoms in total. The Morgan fingerprint density at radius 2 is 1.58 bits per heavy atom. The lowest BCUT2D eigenvalue weighted by atomic mass is 9.94. The first-order valence-corrected chi connectivity index (χ1v) is 4.83. The number of aliphatic hydroxyl groups is 1. The monoisotopic (exact) mass is 172 g/mol. The molecule has 1 fully saturated rings. The van der Waals surface area contributed by atoms with E-state index in [0.29, 0.717) is 6.10 Å². The zero-order chi connectivity index (χ0) is 9.19. The van der Waals surface area contributed by atoms with Gasteiger partial charge in [0.15, 0.2) is 0 Å². The molecule has 1 N–H and O–H groups in total. The standard InChI is InChI=1S/C10H20O2/c1-10(2,3)12-9-6-4-8(11)5-7-9/h8-9,11H,4-7H2,1-3H3/t8-,9-. The zero-order valence-electron chi connectivity index (χ0n) is 8.34. The first-order chi connectivity index (χ1) is 5.47. The lowest BCUT2D eigenvalue weighted by molar-refractivity contribution is -0.0853. The molecule has 0 unspecified atom stereocenters. The van der Waals surface area contributed by atoms with Gasteiger partial charge in [0.1, 0.15) is 0 Å². The lowest BCUT2D eigenvalue weighted by Gasteiger charge is -2.31. The number of ether oxygens (including phenoxy) is 1. The average molecular weight is 172 g/mol. The second-order valence-corrected chi connectivity index (χ2v) is 4.66. The minimum absolute atomic E-state index is 0.0348. The van der Waals surface area contributed by atoms with Crippen LogP contribution in [0.5, 0.6) is 0 Å². The third-order valence-electron chi connectivity index (χ3n) is 2.16. The number of aliphatic hydroxyl groups excluding tert-OH is 1. The van der Waals surface area contributed by atoms with E-state index in [1.165, 1.54) is 0 Å². The van der Waals surface area contributed by atoms with Crippen molar-refractivity contribution in [2.75, 3.05) is 0 Å². The van der Waals surface area contributed by atoms with Crippen LogP contribution in [0.1, 0.15) is 46.5 Å². The molecule has 1 saturated carbocycles. The Hall–Kier alpha value is -0.0800. The van der Waals surface area contributed by atoms with Gasteiger partial charge in [-0.25, -0.2) is 0 Å². The molecular formula is C10H20O2. The van der Waals surface area contributed by atoms with Gasteiger partial charge in [0.2, 0.25) is 0 Å². The van der Waals surface area contributed by atoms with Crippen molar-refractivity contribution < 1.29 is 9.84 Å². The molecule has 2 heteroatoms. The van der Waals surface area contributed by atoms with E-state index in [1.54, 1.807) is 0 Å². The van der Waals surface area contributed by atoms with E-state index in [9.17, 15) is 5.11 Å². The van der Waals surface area contributed by atoms with Gasteiger partial charge in [-0.15, -0.1) is 0 Å². The fourth-order valence-electron chi connectivity index (χ4n) is 1.66. The second-order valence-electron chi connectivity index (χ2n) is 4.66. The van der Waals surface area contributed by atoms with Crippen molar-refractivity contribution in [1.82, 2.24) is 0 Å². The van der Waals surface area contributed by atoms with Crippen molar-refractivity contribution in [1.29, 1.82) is 0 Å². The Bertz CT molecular complexity index is 129. The van der Waals surface area contributed by atoms with E-state index in [4.69, 9.17) is 4.74 Å². The van der Waals surface area contributed by atoms with Crippen molar-refractivity contribution in [3.05, 3.63) is 0 Å². The molecular weight excluding hydrogens is 152 g/mol. The summed E-state index contributed by atoms with van der Waals surface area (Å²) < 4.78 is 5.82. The van der Waals surface area contributed by atoms with Crippen LogP contribution in [0.4, 0.5) is 0 Å². The molecule has 0 atom stereocenters. The second kappa shape index (κ2) is 3.75. The van der Waals surface area contributed by atoms with Crippen LogP contribution in [0.2, 0.25) is 0 Å². The highest BCUT2D eigenvalue weighted by Gasteiger charge is 2.23. The van der Waals surface area contributed by atoms with Crippen molar-refractivity contribution in [2.24, 2.45) is 0 Å². The molecule has 0 radical (unpaired) electrons. The topological polar surface area (TPSA) is 29.5 Å². The summed E-state index contributed by atoms with van der Waals surface area (Å²) in [4.78, 5) is 0. The van der Waals surface area contributed by atoms with E-state index < -0.39 is 0 Å². The van der Waals surface area contributed by atoms with Gasteiger partial charge in [-0.1, -0.05) is 0 Å². The molecule has 0 spiro atoms. The van der Waals surface area contributed by atoms with Crippen LogP contribution < -0.4 is 0 Å². The highest BCUT2D eigenvalue weighted by atomic mass is 16.5. The van der Waals surface area contributed by atoms with E-state index in [1.807, 2.05) is 0 Å². The summed E-state index contributed by atoms with van der Waals surface area (Å²) in [6, 6.07) is 0. The fourth-order valence-corrected chi connectivity index (χ4v) is 1.66. The maximum absolute atomic E-state index is 9.27. The smallest absolute Gasteiger partial charge is 0.0602 e. The van der Waals surface area contributed by atoms with Crippen LogP contribution in [-0.2, 0) is 4.74 Å². The molecule has 12 heavy (non-hydrogen) atoms. The Kier molecular flexibility index (Phi) is 3.13. The van der Waals surface area contributed by atoms with Crippen LogP contribution in [0, 0.1) is 0 Å². The van der Waals surface area contributed by atoms with Crippen LogP contribution in [0.15, 0.2) is 0 Å². The average Bonchev–Trinajstić information content (AvgIpc) is 1.91. The molecule has 0 aromatic carbocycles. The van der Waals surface area contributed by atoms with Crippen LogP contribution in [-0.4, -0.2) is 22.9 Å². The Morgan fingerprint density at radius 3 is 2.00 bits per heavy atom. The van der Waals surface area contributed by atoms with Crippen LogP contribution in [0.25, 0.3) is 0 Å². The molecule has 0 aliphatic heterocycles. The van der Waals surface area contributed by atoms with Gasteiger partial charge in [-0.05, 0) is 46.5 Å². The van der Waals surface area contributed by atoms with Gasteiger partial charge in [0.25, 0.3) is 0 Å². The predicted molar refractivity (Wildman–Crippen MR) is 49.1 cm³/mol. The van der Waals surface area contributed by atoms with Gasteiger partial charge in [0.05, 0.1) is 17.8 Å². The highest BCUT2D eigenvalue weighted by Crippen LogP contribution is 2.24. The minimum atomic E-state index is -0.0789. The first-order valence-electron chi connectivity index (χ1n) is 4.83. The van der Waals surface area contributed by atoms with Gasteiger partial charge < -0.3 is 9.84 Å². The minimum Gasteiger partial charge on any atom is -0.393 e. The maximum atomic E-state index is 9.27. The third kappa shape index (κ3) is 3.55. The number of rotatable bonds is 1. The molecule has 0 amide bonds. The summed E-state index contributed by atoms with van der Waals surface area (Å²) in [7, 11) is 0. The summed E-state index contributed by atoms with van der Waals surface area (Å²) in [6.45, 7) is 6.24. The Labute approximate surface area is 74.9 Å². The molecule has 1 aliphatic carbocycles. The van der Waals surface area contributed by atoms with Gasteiger partial charge >= 0.3 is 0 Å². The SMILES string of the molecule is CC(C)(C)O[C@H]1CC[C@H](O)CC1. The van der Waals surface area contributed by atoms with Crippen LogP contribution in [0.3, 0.4) is 0 Å². The Balaban J connectivity index is 2.26. The third-order valence-corrected chi connectivity index (χ3v) is 2.16. The molecule has 0 heterocycles. The zero-order valence-corrected chi connectivity index (χ0v) is 8.34. The van der Waals surface area contributed by atoms with Gasteiger partial charge in [-0.3, -0.25) is 0 Å². The predicted octanol–water partition coefficient (Wildman–Crippen LogP) is 2.10.